The van der Waals surface area contributed by atoms with E-state index in [-0.39, 0.29) is 5.41 Å². The van der Waals surface area contributed by atoms with Crippen molar-refractivity contribution in [3.8, 4) is 0 Å². The molecule has 0 aliphatic carbocycles. The van der Waals surface area contributed by atoms with Crippen LogP contribution in [-0.2, 0) is 12.0 Å². The molecule has 0 aromatic carbocycles. The smallest absolute Gasteiger partial charge is 0.145 e. The molecule has 0 spiro atoms. The maximum absolute atomic E-state index is 5.51. The Morgan fingerprint density at radius 3 is 2.57 bits per heavy atom. The number of hydrogen-bond acceptors (Lipinski definition) is 6. The zero-order chi connectivity index (χ0) is 15.5. The van der Waals surface area contributed by atoms with E-state index >= 15 is 0 Å². The first-order chi connectivity index (χ1) is 9.90. The molecule has 3 N–H and O–H groups in total. The van der Waals surface area contributed by atoms with Gasteiger partial charge in [-0.05, 0) is 12.1 Å². The molecule has 0 saturated carbocycles. The summed E-state index contributed by atoms with van der Waals surface area (Å²) in [6.07, 6.45) is 1.79. The molecule has 0 aliphatic heterocycles. The SMILES string of the molecule is CN(Cc1ccccn1)c1cc(NN)nc(C(C)(C)C)n1. The summed E-state index contributed by atoms with van der Waals surface area (Å²) < 4.78 is 0. The number of anilines is 2. The summed E-state index contributed by atoms with van der Waals surface area (Å²) in [6.45, 7) is 6.90. The Kier molecular flexibility index (Phi) is 4.37. The number of nitrogens with one attached hydrogen (secondary N) is 1. The monoisotopic (exact) mass is 286 g/mol. The van der Waals surface area contributed by atoms with E-state index in [1.165, 1.54) is 0 Å². The van der Waals surface area contributed by atoms with E-state index in [0.29, 0.717) is 12.4 Å². The van der Waals surface area contributed by atoms with Gasteiger partial charge in [0.05, 0.1) is 12.2 Å². The van der Waals surface area contributed by atoms with Crippen molar-refractivity contribution in [1.82, 2.24) is 15.0 Å². The maximum Gasteiger partial charge on any atom is 0.145 e. The highest BCUT2D eigenvalue weighted by atomic mass is 15.3. The van der Waals surface area contributed by atoms with Crippen LogP contribution in [-0.4, -0.2) is 22.0 Å². The lowest BCUT2D eigenvalue weighted by atomic mass is 9.96. The van der Waals surface area contributed by atoms with Crippen molar-refractivity contribution >= 4 is 11.6 Å². The van der Waals surface area contributed by atoms with Crippen LogP contribution in [0, 0.1) is 0 Å². The Morgan fingerprint density at radius 1 is 1.24 bits per heavy atom. The first-order valence-corrected chi connectivity index (χ1v) is 6.87. The van der Waals surface area contributed by atoms with Crippen LogP contribution in [0.5, 0.6) is 0 Å². The number of nitrogen functional groups attached to an aromatic ring is 1. The summed E-state index contributed by atoms with van der Waals surface area (Å²) in [6, 6.07) is 7.70. The molecule has 0 bridgehead atoms. The van der Waals surface area contributed by atoms with Crippen LogP contribution in [0.15, 0.2) is 30.5 Å². The van der Waals surface area contributed by atoms with Gasteiger partial charge in [0.1, 0.15) is 17.5 Å². The number of aromatic nitrogens is 3. The number of pyridine rings is 1. The summed E-state index contributed by atoms with van der Waals surface area (Å²) in [5.41, 5.74) is 3.44. The molecule has 0 fully saturated rings. The normalized spacial score (nSPS) is 11.3. The lowest BCUT2D eigenvalue weighted by Gasteiger charge is -2.23. The van der Waals surface area contributed by atoms with Crippen molar-refractivity contribution in [3.63, 3.8) is 0 Å². The topological polar surface area (TPSA) is 80.0 Å². The average Bonchev–Trinajstić information content (AvgIpc) is 2.46. The minimum Gasteiger partial charge on any atom is -0.354 e. The van der Waals surface area contributed by atoms with E-state index in [4.69, 9.17) is 5.84 Å². The molecule has 2 rings (SSSR count). The Balaban J connectivity index is 2.30. The molecule has 0 aliphatic rings. The third-order valence-electron chi connectivity index (χ3n) is 3.05. The van der Waals surface area contributed by atoms with Gasteiger partial charge in [-0.2, -0.15) is 0 Å². The molecule has 2 aromatic heterocycles. The van der Waals surface area contributed by atoms with E-state index < -0.39 is 0 Å². The van der Waals surface area contributed by atoms with E-state index in [9.17, 15) is 0 Å². The summed E-state index contributed by atoms with van der Waals surface area (Å²) in [4.78, 5) is 15.4. The molecule has 0 amide bonds. The van der Waals surface area contributed by atoms with Crippen molar-refractivity contribution in [2.75, 3.05) is 17.4 Å². The standard InChI is InChI=1S/C15H22N6/c1-15(2,3)14-18-12(20-16)9-13(19-14)21(4)10-11-7-5-6-8-17-11/h5-9H,10,16H2,1-4H3,(H,18,19,20). The third-order valence-corrected chi connectivity index (χ3v) is 3.05. The van der Waals surface area contributed by atoms with E-state index in [0.717, 1.165) is 17.3 Å². The number of nitrogens with zero attached hydrogens (tertiary/aromatic N) is 4. The largest absolute Gasteiger partial charge is 0.354 e. The second kappa shape index (κ2) is 6.05. The first-order valence-electron chi connectivity index (χ1n) is 6.87. The summed E-state index contributed by atoms with van der Waals surface area (Å²) in [5, 5.41) is 0. The van der Waals surface area contributed by atoms with Crippen LogP contribution in [0.3, 0.4) is 0 Å². The number of rotatable bonds is 4. The summed E-state index contributed by atoms with van der Waals surface area (Å²) >= 11 is 0. The van der Waals surface area contributed by atoms with Gasteiger partial charge < -0.3 is 10.3 Å². The maximum atomic E-state index is 5.51. The van der Waals surface area contributed by atoms with E-state index in [1.807, 2.05) is 36.2 Å². The Hall–Kier alpha value is -2.21. The fourth-order valence-electron chi connectivity index (χ4n) is 1.85. The Morgan fingerprint density at radius 2 is 2.00 bits per heavy atom. The minimum absolute atomic E-state index is 0.145. The molecule has 6 heteroatoms. The predicted molar refractivity (Wildman–Crippen MR) is 84.9 cm³/mol. The van der Waals surface area contributed by atoms with Gasteiger partial charge in [0.2, 0.25) is 0 Å². The van der Waals surface area contributed by atoms with Gasteiger partial charge in [-0.15, -0.1) is 0 Å². The molecule has 0 atom stereocenters. The molecule has 6 nitrogen and oxygen atoms in total. The van der Waals surface area contributed by atoms with Crippen LogP contribution in [0.25, 0.3) is 0 Å². The average molecular weight is 286 g/mol. The fraction of sp³-hybridized carbons (Fsp3) is 0.400. The minimum atomic E-state index is -0.145. The van der Waals surface area contributed by atoms with Gasteiger partial charge in [-0.25, -0.2) is 15.8 Å². The van der Waals surface area contributed by atoms with Gasteiger partial charge in [0, 0.05) is 24.7 Å². The molecule has 2 heterocycles. The molecule has 0 unspecified atom stereocenters. The van der Waals surface area contributed by atoms with Crippen LogP contribution in [0.4, 0.5) is 11.6 Å². The highest BCUT2D eigenvalue weighted by molar-refractivity contribution is 5.49. The van der Waals surface area contributed by atoms with E-state index in [1.54, 1.807) is 6.20 Å². The number of hydrazine groups is 1. The van der Waals surface area contributed by atoms with Gasteiger partial charge >= 0.3 is 0 Å². The van der Waals surface area contributed by atoms with Crippen LogP contribution in [0.2, 0.25) is 0 Å². The molecule has 2 aromatic rings. The summed E-state index contributed by atoms with van der Waals surface area (Å²) in [7, 11) is 1.98. The van der Waals surface area contributed by atoms with Gasteiger partial charge in [0.25, 0.3) is 0 Å². The van der Waals surface area contributed by atoms with Crippen molar-refractivity contribution in [1.29, 1.82) is 0 Å². The summed E-state index contributed by atoms with van der Waals surface area (Å²) in [5.74, 6) is 7.69. The van der Waals surface area contributed by atoms with Crippen molar-refractivity contribution in [3.05, 3.63) is 42.0 Å². The molecular formula is C15H22N6. The van der Waals surface area contributed by atoms with Crippen molar-refractivity contribution < 1.29 is 0 Å². The molecule has 21 heavy (non-hydrogen) atoms. The first kappa shape index (κ1) is 15.2. The van der Waals surface area contributed by atoms with E-state index in [2.05, 4.69) is 41.1 Å². The Bertz CT molecular complexity index is 591. The number of hydrogen-bond donors (Lipinski definition) is 2. The zero-order valence-electron chi connectivity index (χ0n) is 13.0. The molecule has 0 radical (unpaired) electrons. The zero-order valence-corrected chi connectivity index (χ0v) is 13.0. The highest BCUT2D eigenvalue weighted by Crippen LogP contribution is 2.23. The molecule has 112 valence electrons. The molecular weight excluding hydrogens is 264 g/mol. The second-order valence-electron chi connectivity index (χ2n) is 6.01. The highest BCUT2D eigenvalue weighted by Gasteiger charge is 2.20. The lowest BCUT2D eigenvalue weighted by Crippen LogP contribution is -2.24. The predicted octanol–water partition coefficient (Wildman–Crippen LogP) is 2.09. The molecule has 0 saturated heterocycles. The second-order valence-corrected chi connectivity index (χ2v) is 6.01. The fourth-order valence-corrected chi connectivity index (χ4v) is 1.85. The van der Waals surface area contributed by atoms with Gasteiger partial charge in [-0.3, -0.25) is 4.98 Å². The lowest BCUT2D eigenvalue weighted by molar-refractivity contribution is 0.545. The quantitative estimate of drug-likeness (QED) is 0.662. The van der Waals surface area contributed by atoms with Crippen molar-refractivity contribution in [2.24, 2.45) is 5.84 Å². The van der Waals surface area contributed by atoms with Gasteiger partial charge in [0.15, 0.2) is 0 Å². The van der Waals surface area contributed by atoms with Crippen LogP contribution in [0.1, 0.15) is 32.3 Å². The van der Waals surface area contributed by atoms with Crippen LogP contribution >= 0.6 is 0 Å². The third kappa shape index (κ3) is 3.88. The van der Waals surface area contributed by atoms with Crippen molar-refractivity contribution in [2.45, 2.75) is 32.7 Å². The Labute approximate surface area is 125 Å². The number of nitrogens with two attached hydrogens (primary N) is 1. The van der Waals surface area contributed by atoms with Crippen LogP contribution < -0.4 is 16.2 Å². The van der Waals surface area contributed by atoms with Gasteiger partial charge in [-0.1, -0.05) is 26.8 Å².